The molecule has 0 aliphatic carbocycles. The summed E-state index contributed by atoms with van der Waals surface area (Å²) in [6.07, 6.45) is 0.797. The lowest BCUT2D eigenvalue weighted by atomic mass is 9.97. The molecule has 7 heteroatoms. The van der Waals surface area contributed by atoms with E-state index in [1.807, 2.05) is 6.92 Å². The van der Waals surface area contributed by atoms with Gasteiger partial charge < -0.3 is 14.8 Å². The van der Waals surface area contributed by atoms with Crippen LogP contribution >= 0.6 is 0 Å². The van der Waals surface area contributed by atoms with Crippen LogP contribution in [-0.4, -0.2) is 40.8 Å². The van der Waals surface area contributed by atoms with Crippen molar-refractivity contribution in [2.24, 2.45) is 5.92 Å². The maximum atomic E-state index is 12.5. The maximum Gasteiger partial charge on any atom is 0.240 e. The Hall–Kier alpha value is -1.31. The quantitative estimate of drug-likeness (QED) is 0.861. The zero-order valence-corrected chi connectivity index (χ0v) is 12.8. The maximum absolute atomic E-state index is 12.5. The Morgan fingerprint density at radius 2 is 2.00 bits per heavy atom. The van der Waals surface area contributed by atoms with E-state index in [1.54, 1.807) is 12.1 Å². The van der Waals surface area contributed by atoms with Crippen LogP contribution in [0.2, 0.25) is 0 Å². The summed E-state index contributed by atoms with van der Waals surface area (Å²) in [5.41, 5.74) is 0. The molecule has 0 saturated carbocycles. The highest BCUT2D eigenvalue weighted by Gasteiger charge is 2.27. The van der Waals surface area contributed by atoms with Crippen molar-refractivity contribution in [3.05, 3.63) is 18.2 Å². The second-order valence-corrected chi connectivity index (χ2v) is 7.22. The predicted molar refractivity (Wildman–Crippen MR) is 78.2 cm³/mol. The van der Waals surface area contributed by atoms with E-state index in [1.165, 1.54) is 6.07 Å². The van der Waals surface area contributed by atoms with Crippen LogP contribution < -0.4 is 19.5 Å². The second kappa shape index (κ2) is 5.82. The lowest BCUT2D eigenvalue weighted by molar-refractivity contribution is 0.171. The Labute approximate surface area is 124 Å². The topological polar surface area (TPSA) is 76.7 Å². The number of piperidine rings is 1. The summed E-state index contributed by atoms with van der Waals surface area (Å²) in [7, 11) is -3.54. The Morgan fingerprint density at radius 3 is 2.76 bits per heavy atom. The Bertz CT molecular complexity index is 617. The lowest BCUT2D eigenvalue weighted by Crippen LogP contribution is -2.48. The molecule has 1 saturated heterocycles. The van der Waals surface area contributed by atoms with E-state index in [-0.39, 0.29) is 16.9 Å². The first kappa shape index (κ1) is 14.6. The molecule has 2 atom stereocenters. The molecule has 2 heterocycles. The molecule has 2 unspecified atom stereocenters. The van der Waals surface area contributed by atoms with Gasteiger partial charge in [0, 0.05) is 12.1 Å². The Balaban J connectivity index is 1.81. The minimum absolute atomic E-state index is 0.0375. The van der Waals surface area contributed by atoms with Gasteiger partial charge in [-0.3, -0.25) is 0 Å². The molecule has 0 spiro atoms. The number of fused-ring (bicyclic) bond motifs is 1. The predicted octanol–water partition coefficient (Wildman–Crippen LogP) is 0.734. The summed E-state index contributed by atoms with van der Waals surface area (Å²) in [5, 5.41) is 3.26. The first-order chi connectivity index (χ1) is 10.1. The first-order valence-corrected chi connectivity index (χ1v) is 8.67. The van der Waals surface area contributed by atoms with Crippen molar-refractivity contribution in [2.45, 2.75) is 24.3 Å². The molecule has 2 aliphatic rings. The fourth-order valence-electron chi connectivity index (χ4n) is 2.65. The molecule has 21 heavy (non-hydrogen) atoms. The van der Waals surface area contributed by atoms with Crippen LogP contribution in [0.25, 0.3) is 0 Å². The molecular weight excluding hydrogens is 292 g/mol. The van der Waals surface area contributed by atoms with Crippen LogP contribution in [0.4, 0.5) is 0 Å². The van der Waals surface area contributed by atoms with Crippen molar-refractivity contribution in [1.29, 1.82) is 0 Å². The van der Waals surface area contributed by atoms with Crippen LogP contribution in [0, 0.1) is 5.92 Å². The van der Waals surface area contributed by atoms with E-state index in [4.69, 9.17) is 9.47 Å². The molecule has 116 valence electrons. The summed E-state index contributed by atoms with van der Waals surface area (Å²) in [6.45, 7) is 4.63. The summed E-state index contributed by atoms with van der Waals surface area (Å²) >= 11 is 0. The van der Waals surface area contributed by atoms with Gasteiger partial charge in [-0.2, -0.15) is 0 Å². The Kier molecular flexibility index (Phi) is 4.05. The van der Waals surface area contributed by atoms with Crippen molar-refractivity contribution >= 4 is 10.0 Å². The van der Waals surface area contributed by atoms with Crippen LogP contribution in [0.15, 0.2) is 23.1 Å². The third kappa shape index (κ3) is 3.14. The van der Waals surface area contributed by atoms with E-state index in [0.717, 1.165) is 19.5 Å². The number of ether oxygens (including phenoxy) is 2. The van der Waals surface area contributed by atoms with E-state index in [9.17, 15) is 8.42 Å². The molecule has 1 aromatic carbocycles. The van der Waals surface area contributed by atoms with E-state index < -0.39 is 10.0 Å². The van der Waals surface area contributed by atoms with Crippen molar-refractivity contribution in [2.75, 3.05) is 26.3 Å². The number of rotatable bonds is 3. The number of hydrogen-bond acceptors (Lipinski definition) is 5. The fourth-order valence-corrected chi connectivity index (χ4v) is 4.04. The van der Waals surface area contributed by atoms with E-state index in [2.05, 4.69) is 10.0 Å². The van der Waals surface area contributed by atoms with Crippen molar-refractivity contribution in [3.8, 4) is 11.5 Å². The normalized spacial score (nSPS) is 25.6. The van der Waals surface area contributed by atoms with Gasteiger partial charge in [0.15, 0.2) is 11.5 Å². The average molecular weight is 312 g/mol. The molecule has 2 N–H and O–H groups in total. The SMILES string of the molecule is CC1CNCCC1NS(=O)(=O)c1ccc2c(c1)OCCO2. The summed E-state index contributed by atoms with van der Waals surface area (Å²) in [6, 6.07) is 4.70. The zero-order chi connectivity index (χ0) is 14.9. The molecular formula is C14H20N2O4S. The minimum Gasteiger partial charge on any atom is -0.486 e. The fraction of sp³-hybridized carbons (Fsp3) is 0.571. The van der Waals surface area contributed by atoms with Crippen LogP contribution in [0.5, 0.6) is 11.5 Å². The van der Waals surface area contributed by atoms with Crippen LogP contribution in [-0.2, 0) is 10.0 Å². The largest absolute Gasteiger partial charge is 0.486 e. The minimum atomic E-state index is -3.54. The average Bonchev–Trinajstić information content (AvgIpc) is 2.49. The van der Waals surface area contributed by atoms with E-state index >= 15 is 0 Å². The van der Waals surface area contributed by atoms with Gasteiger partial charge in [-0.15, -0.1) is 0 Å². The van der Waals surface area contributed by atoms with Gasteiger partial charge >= 0.3 is 0 Å². The number of sulfonamides is 1. The molecule has 0 aromatic heterocycles. The molecule has 1 fully saturated rings. The van der Waals surface area contributed by atoms with Gasteiger partial charge in [-0.1, -0.05) is 6.92 Å². The van der Waals surface area contributed by atoms with Gasteiger partial charge in [-0.05, 0) is 37.6 Å². The summed E-state index contributed by atoms with van der Waals surface area (Å²) < 4.78 is 38.7. The van der Waals surface area contributed by atoms with Gasteiger partial charge in [0.1, 0.15) is 13.2 Å². The molecule has 0 amide bonds. The molecule has 3 rings (SSSR count). The standard InChI is InChI=1S/C14H20N2O4S/c1-10-9-15-5-4-12(10)16-21(17,18)11-2-3-13-14(8-11)20-7-6-19-13/h2-3,8,10,12,15-16H,4-7,9H2,1H3. The highest BCUT2D eigenvalue weighted by molar-refractivity contribution is 7.89. The third-order valence-electron chi connectivity index (χ3n) is 3.92. The van der Waals surface area contributed by atoms with Crippen molar-refractivity contribution in [1.82, 2.24) is 10.0 Å². The van der Waals surface area contributed by atoms with Gasteiger partial charge in [0.05, 0.1) is 4.90 Å². The molecule has 2 aliphatic heterocycles. The zero-order valence-electron chi connectivity index (χ0n) is 12.0. The van der Waals surface area contributed by atoms with Crippen molar-refractivity contribution < 1.29 is 17.9 Å². The third-order valence-corrected chi connectivity index (χ3v) is 5.40. The summed E-state index contributed by atoms with van der Waals surface area (Å²) in [4.78, 5) is 0.220. The highest BCUT2D eigenvalue weighted by atomic mass is 32.2. The lowest BCUT2D eigenvalue weighted by Gasteiger charge is -2.30. The second-order valence-electron chi connectivity index (χ2n) is 5.50. The summed E-state index contributed by atoms with van der Waals surface area (Å²) in [5.74, 6) is 1.35. The van der Waals surface area contributed by atoms with Crippen LogP contribution in [0.1, 0.15) is 13.3 Å². The van der Waals surface area contributed by atoms with E-state index in [0.29, 0.717) is 24.7 Å². The number of hydrogen-bond donors (Lipinski definition) is 2. The van der Waals surface area contributed by atoms with Gasteiger partial charge in [0.25, 0.3) is 0 Å². The molecule has 0 bridgehead atoms. The highest BCUT2D eigenvalue weighted by Crippen LogP contribution is 2.32. The molecule has 6 nitrogen and oxygen atoms in total. The number of nitrogens with one attached hydrogen (secondary N) is 2. The smallest absolute Gasteiger partial charge is 0.240 e. The van der Waals surface area contributed by atoms with Gasteiger partial charge in [-0.25, -0.2) is 13.1 Å². The molecule has 0 radical (unpaired) electrons. The first-order valence-electron chi connectivity index (χ1n) is 7.19. The molecule has 1 aromatic rings. The van der Waals surface area contributed by atoms with Crippen molar-refractivity contribution in [3.63, 3.8) is 0 Å². The van der Waals surface area contributed by atoms with Gasteiger partial charge in [0.2, 0.25) is 10.0 Å². The monoisotopic (exact) mass is 312 g/mol. The number of benzene rings is 1. The van der Waals surface area contributed by atoms with Crippen LogP contribution in [0.3, 0.4) is 0 Å². The Morgan fingerprint density at radius 1 is 1.24 bits per heavy atom.